The van der Waals surface area contributed by atoms with Crippen molar-refractivity contribution in [3.63, 3.8) is 0 Å². The van der Waals surface area contributed by atoms with E-state index < -0.39 is 0 Å². The van der Waals surface area contributed by atoms with Gasteiger partial charge in [-0.25, -0.2) is 4.79 Å². The molecule has 0 unspecified atom stereocenters. The summed E-state index contributed by atoms with van der Waals surface area (Å²) in [6.45, 7) is 8.02. The van der Waals surface area contributed by atoms with E-state index in [-0.39, 0.29) is 18.5 Å². The zero-order chi connectivity index (χ0) is 13.7. The number of hydrogen-bond acceptors (Lipinski definition) is 2. The lowest BCUT2D eigenvalue weighted by atomic mass is 10.1. The summed E-state index contributed by atoms with van der Waals surface area (Å²) in [5.74, 6) is 0.675. The SMILES string of the molecule is Cc1cccc(C)c1OC(=O)NCC[NH+]1CCCC1.[Cl-]. The Labute approximate surface area is 126 Å². The summed E-state index contributed by atoms with van der Waals surface area (Å²) in [6, 6.07) is 5.86. The van der Waals surface area contributed by atoms with Crippen LogP contribution in [0.5, 0.6) is 5.75 Å². The second-order valence-electron chi connectivity index (χ2n) is 5.24. The fraction of sp³-hybridized carbons (Fsp3) is 0.533. The average Bonchev–Trinajstić information content (AvgIpc) is 2.87. The van der Waals surface area contributed by atoms with E-state index >= 15 is 0 Å². The Morgan fingerprint density at radius 1 is 1.25 bits per heavy atom. The van der Waals surface area contributed by atoms with Gasteiger partial charge >= 0.3 is 6.09 Å². The van der Waals surface area contributed by atoms with Crippen molar-refractivity contribution in [3.05, 3.63) is 29.3 Å². The molecule has 5 heteroatoms. The number of rotatable bonds is 4. The van der Waals surface area contributed by atoms with Gasteiger partial charge in [-0.15, -0.1) is 0 Å². The number of para-hydroxylation sites is 1. The van der Waals surface area contributed by atoms with Crippen molar-refractivity contribution >= 4 is 6.09 Å². The van der Waals surface area contributed by atoms with E-state index in [4.69, 9.17) is 4.74 Å². The van der Waals surface area contributed by atoms with Gasteiger partial charge in [-0.3, -0.25) is 0 Å². The second-order valence-corrected chi connectivity index (χ2v) is 5.24. The predicted molar refractivity (Wildman–Crippen MR) is 74.7 cm³/mol. The van der Waals surface area contributed by atoms with Gasteiger partial charge in [0.25, 0.3) is 0 Å². The van der Waals surface area contributed by atoms with Crippen molar-refractivity contribution in [1.29, 1.82) is 0 Å². The molecule has 2 N–H and O–H groups in total. The zero-order valence-electron chi connectivity index (χ0n) is 12.2. The number of aryl methyl sites for hydroxylation is 2. The summed E-state index contributed by atoms with van der Waals surface area (Å²) in [7, 11) is 0. The lowest BCUT2D eigenvalue weighted by molar-refractivity contribution is -0.886. The van der Waals surface area contributed by atoms with Crippen LogP contribution in [-0.4, -0.2) is 32.3 Å². The molecular formula is C15H23ClN2O2. The molecule has 1 aromatic rings. The Morgan fingerprint density at radius 3 is 2.45 bits per heavy atom. The fourth-order valence-electron chi connectivity index (χ4n) is 2.56. The van der Waals surface area contributed by atoms with Gasteiger partial charge in [0.05, 0.1) is 26.2 Å². The first-order chi connectivity index (χ1) is 9.16. The molecule has 1 aromatic carbocycles. The van der Waals surface area contributed by atoms with Crippen LogP contribution in [0.3, 0.4) is 0 Å². The summed E-state index contributed by atoms with van der Waals surface area (Å²) in [5.41, 5.74) is 1.97. The number of carbonyl (C=O) groups excluding carboxylic acids is 1. The third-order valence-corrected chi connectivity index (χ3v) is 3.66. The van der Waals surface area contributed by atoms with E-state index in [2.05, 4.69) is 5.32 Å². The molecule has 1 heterocycles. The number of likely N-dealkylation sites (tertiary alicyclic amines) is 1. The van der Waals surface area contributed by atoms with Crippen molar-refractivity contribution in [1.82, 2.24) is 5.32 Å². The fourth-order valence-corrected chi connectivity index (χ4v) is 2.56. The van der Waals surface area contributed by atoms with Gasteiger partial charge in [0, 0.05) is 12.8 Å². The quantitative estimate of drug-likeness (QED) is 0.680. The van der Waals surface area contributed by atoms with Gasteiger partial charge in [0.15, 0.2) is 0 Å². The van der Waals surface area contributed by atoms with E-state index in [1.54, 1.807) is 4.90 Å². The lowest BCUT2D eigenvalue weighted by Gasteiger charge is -2.13. The molecule has 2 rings (SSSR count). The second kappa shape index (κ2) is 8.12. The molecule has 0 bridgehead atoms. The monoisotopic (exact) mass is 298 g/mol. The number of ether oxygens (including phenoxy) is 1. The zero-order valence-corrected chi connectivity index (χ0v) is 12.9. The molecule has 0 spiro atoms. The van der Waals surface area contributed by atoms with Crippen LogP contribution >= 0.6 is 0 Å². The Balaban J connectivity index is 0.00000200. The molecule has 1 aliphatic rings. The smallest absolute Gasteiger partial charge is 0.412 e. The maximum absolute atomic E-state index is 11.7. The first-order valence-corrected chi connectivity index (χ1v) is 7.02. The molecule has 20 heavy (non-hydrogen) atoms. The summed E-state index contributed by atoms with van der Waals surface area (Å²) >= 11 is 0. The Kier molecular flexibility index (Phi) is 6.82. The van der Waals surface area contributed by atoms with Crippen molar-refractivity contribution in [2.75, 3.05) is 26.2 Å². The molecule has 1 amide bonds. The van der Waals surface area contributed by atoms with Crippen molar-refractivity contribution in [3.8, 4) is 5.75 Å². The van der Waals surface area contributed by atoms with Crippen LogP contribution in [0.2, 0.25) is 0 Å². The average molecular weight is 299 g/mol. The Bertz CT molecular complexity index is 425. The molecule has 0 saturated carbocycles. The first-order valence-electron chi connectivity index (χ1n) is 7.02. The van der Waals surface area contributed by atoms with Crippen LogP contribution in [0.25, 0.3) is 0 Å². The minimum absolute atomic E-state index is 0. The van der Waals surface area contributed by atoms with Crippen LogP contribution < -0.4 is 27.4 Å². The summed E-state index contributed by atoms with van der Waals surface area (Å²) in [6.07, 6.45) is 2.26. The number of halogens is 1. The molecule has 1 saturated heterocycles. The molecule has 1 aliphatic heterocycles. The highest BCUT2D eigenvalue weighted by Crippen LogP contribution is 2.22. The minimum Gasteiger partial charge on any atom is -1.00 e. The molecule has 0 aliphatic carbocycles. The largest absolute Gasteiger partial charge is 1.00 e. The molecule has 112 valence electrons. The van der Waals surface area contributed by atoms with Crippen LogP contribution in [-0.2, 0) is 0 Å². The van der Waals surface area contributed by atoms with Crippen LogP contribution in [0.4, 0.5) is 4.79 Å². The highest BCUT2D eigenvalue weighted by atomic mass is 35.5. The van der Waals surface area contributed by atoms with Crippen LogP contribution in [0.1, 0.15) is 24.0 Å². The number of hydrogen-bond donors (Lipinski definition) is 2. The van der Waals surface area contributed by atoms with Crippen molar-refractivity contribution < 1.29 is 26.8 Å². The molecule has 0 radical (unpaired) electrons. The van der Waals surface area contributed by atoms with E-state index in [0.29, 0.717) is 12.3 Å². The van der Waals surface area contributed by atoms with Gasteiger partial charge in [0.2, 0.25) is 0 Å². The van der Waals surface area contributed by atoms with Crippen LogP contribution in [0, 0.1) is 13.8 Å². The number of amides is 1. The van der Waals surface area contributed by atoms with E-state index in [1.165, 1.54) is 25.9 Å². The van der Waals surface area contributed by atoms with Gasteiger partial charge in [0.1, 0.15) is 5.75 Å². The minimum atomic E-state index is -0.351. The molecule has 0 atom stereocenters. The third-order valence-electron chi connectivity index (χ3n) is 3.66. The molecule has 0 aromatic heterocycles. The number of benzene rings is 1. The van der Waals surface area contributed by atoms with Gasteiger partial charge in [-0.2, -0.15) is 0 Å². The van der Waals surface area contributed by atoms with E-state index in [9.17, 15) is 4.79 Å². The lowest BCUT2D eigenvalue weighted by Crippen LogP contribution is -3.10. The van der Waals surface area contributed by atoms with Gasteiger partial charge in [-0.1, -0.05) is 18.2 Å². The number of quaternary nitrogens is 1. The number of carbonyl (C=O) groups is 1. The van der Waals surface area contributed by atoms with E-state index in [1.807, 2.05) is 32.0 Å². The normalized spacial score (nSPS) is 14.7. The standard InChI is InChI=1S/C15H22N2O2.ClH/c1-12-6-5-7-13(2)14(12)19-15(18)16-8-11-17-9-3-4-10-17;/h5-7H,3-4,8-11H2,1-2H3,(H,16,18);1H. The van der Waals surface area contributed by atoms with Gasteiger partial charge in [-0.05, 0) is 25.0 Å². The summed E-state index contributed by atoms with van der Waals surface area (Å²) in [5, 5.41) is 2.83. The maximum Gasteiger partial charge on any atom is 0.412 e. The topological polar surface area (TPSA) is 42.8 Å². The van der Waals surface area contributed by atoms with E-state index in [0.717, 1.165) is 17.7 Å². The predicted octanol–water partition coefficient (Wildman–Crippen LogP) is -1.93. The molecular weight excluding hydrogens is 276 g/mol. The number of nitrogens with one attached hydrogen (secondary N) is 2. The third kappa shape index (κ3) is 4.69. The van der Waals surface area contributed by atoms with Crippen molar-refractivity contribution in [2.24, 2.45) is 0 Å². The van der Waals surface area contributed by atoms with Crippen molar-refractivity contribution in [2.45, 2.75) is 26.7 Å². The summed E-state index contributed by atoms with van der Waals surface area (Å²) < 4.78 is 5.38. The van der Waals surface area contributed by atoms with Gasteiger partial charge < -0.3 is 27.4 Å². The highest BCUT2D eigenvalue weighted by Gasteiger charge is 2.15. The highest BCUT2D eigenvalue weighted by molar-refractivity contribution is 5.71. The first kappa shape index (κ1) is 16.8. The maximum atomic E-state index is 11.7. The summed E-state index contributed by atoms with van der Waals surface area (Å²) in [4.78, 5) is 13.3. The van der Waals surface area contributed by atoms with Crippen LogP contribution in [0.15, 0.2) is 18.2 Å². The molecule has 1 fully saturated rings. The Morgan fingerprint density at radius 2 is 1.85 bits per heavy atom. The Hall–Kier alpha value is -1.26. The molecule has 4 nitrogen and oxygen atoms in total.